The third-order valence-electron chi connectivity index (χ3n) is 9.56. The van der Waals surface area contributed by atoms with Crippen LogP contribution in [0.25, 0.3) is 11.1 Å². The van der Waals surface area contributed by atoms with Crippen LogP contribution in [0.2, 0.25) is 0 Å². The number of nitrogens with one attached hydrogen (secondary N) is 1. The van der Waals surface area contributed by atoms with Crippen molar-refractivity contribution in [1.29, 1.82) is 0 Å². The smallest absolute Gasteiger partial charge is 0.411 e. The van der Waals surface area contributed by atoms with Crippen molar-refractivity contribution in [2.24, 2.45) is 5.92 Å². The first-order valence-electron chi connectivity index (χ1n) is 18.9. The lowest BCUT2D eigenvalue weighted by Crippen LogP contribution is -2.51. The molecule has 2 aliphatic heterocycles. The predicted octanol–water partition coefficient (Wildman–Crippen LogP) is 4.51. The molecule has 14 nitrogen and oxygen atoms in total. The van der Waals surface area contributed by atoms with Gasteiger partial charge in [0.2, 0.25) is 5.91 Å². The molecule has 1 N–H and O–H groups in total. The summed E-state index contributed by atoms with van der Waals surface area (Å²) >= 11 is 0. The molecule has 0 atom stereocenters. The number of ether oxygens (including phenoxy) is 2. The lowest BCUT2D eigenvalue weighted by molar-refractivity contribution is -0.144. The maximum Gasteiger partial charge on any atom is 0.411 e. The molecule has 2 fully saturated rings. The zero-order valence-electron chi connectivity index (χ0n) is 32.3. The second-order valence-electron chi connectivity index (χ2n) is 14.9. The number of carbonyl (C=O) groups is 4. The minimum atomic E-state index is -0.782. The van der Waals surface area contributed by atoms with E-state index in [0.717, 1.165) is 68.7 Å². The quantitative estimate of drug-likeness (QED) is 0.247. The summed E-state index contributed by atoms with van der Waals surface area (Å²) in [5, 5.41) is 2.91. The van der Waals surface area contributed by atoms with Crippen LogP contribution in [0, 0.1) is 5.92 Å². The monoisotopic (exact) mass is 742 g/mol. The molecule has 1 aromatic carbocycles. The van der Waals surface area contributed by atoms with Crippen molar-refractivity contribution in [3.05, 3.63) is 72.1 Å². The topological polar surface area (TPSA) is 150 Å². The molecule has 4 heterocycles. The van der Waals surface area contributed by atoms with Crippen LogP contribution in [0.15, 0.2) is 55.1 Å². The Hall–Kier alpha value is -4.95. The summed E-state index contributed by atoms with van der Waals surface area (Å²) in [5.74, 6) is -0.419. The van der Waals surface area contributed by atoms with E-state index in [-0.39, 0.29) is 36.3 Å². The third-order valence-corrected chi connectivity index (χ3v) is 9.56. The number of esters is 1. The average Bonchev–Trinajstić information content (AvgIpc) is 3.15. The van der Waals surface area contributed by atoms with Gasteiger partial charge in [-0.2, -0.15) is 0 Å². The lowest BCUT2D eigenvalue weighted by Gasteiger charge is -2.38. The van der Waals surface area contributed by atoms with Crippen LogP contribution in [0.5, 0.6) is 0 Å². The Morgan fingerprint density at radius 2 is 1.69 bits per heavy atom. The van der Waals surface area contributed by atoms with Gasteiger partial charge in [-0.1, -0.05) is 31.2 Å². The molecule has 5 rings (SSSR count). The van der Waals surface area contributed by atoms with Gasteiger partial charge in [0.1, 0.15) is 18.5 Å². The van der Waals surface area contributed by atoms with E-state index >= 15 is 0 Å². The largest absolute Gasteiger partial charge is 0.465 e. The van der Waals surface area contributed by atoms with E-state index in [1.807, 2.05) is 19.1 Å². The van der Waals surface area contributed by atoms with Gasteiger partial charge in [0, 0.05) is 50.7 Å². The molecule has 2 aliphatic rings. The van der Waals surface area contributed by atoms with Gasteiger partial charge in [-0.25, -0.2) is 19.7 Å². The zero-order valence-corrected chi connectivity index (χ0v) is 32.3. The predicted molar refractivity (Wildman–Crippen MR) is 204 cm³/mol. The number of hydrogen-bond donors (Lipinski definition) is 1. The fraction of sp³-hybridized carbons (Fsp3) is 0.525. The summed E-state index contributed by atoms with van der Waals surface area (Å²) in [6.07, 6.45) is 6.84. The second kappa shape index (κ2) is 18.9. The number of rotatable bonds is 13. The van der Waals surface area contributed by atoms with Crippen LogP contribution >= 0.6 is 0 Å². The van der Waals surface area contributed by atoms with Crippen LogP contribution in [0.1, 0.15) is 69.2 Å². The molecule has 0 unspecified atom stereocenters. The number of hydrogen-bond acceptors (Lipinski definition) is 11. The molecular weight excluding hydrogens is 688 g/mol. The van der Waals surface area contributed by atoms with E-state index in [1.54, 1.807) is 50.2 Å². The van der Waals surface area contributed by atoms with Gasteiger partial charge >= 0.3 is 12.1 Å². The van der Waals surface area contributed by atoms with Crippen LogP contribution in [0.4, 0.5) is 10.5 Å². The highest BCUT2D eigenvalue weighted by Gasteiger charge is 2.30. The fourth-order valence-electron chi connectivity index (χ4n) is 6.71. The van der Waals surface area contributed by atoms with Crippen molar-refractivity contribution >= 4 is 29.6 Å². The number of nitrogens with zero attached hydrogens (tertiary/aromatic N) is 7. The summed E-state index contributed by atoms with van der Waals surface area (Å²) in [4.78, 5) is 73.4. The minimum absolute atomic E-state index is 0.0235. The summed E-state index contributed by atoms with van der Waals surface area (Å²) in [6.45, 7) is 14.8. The normalized spacial score (nSPS) is 15.8. The van der Waals surface area contributed by atoms with E-state index in [2.05, 4.69) is 49.1 Å². The molecule has 2 saturated heterocycles. The fourth-order valence-corrected chi connectivity index (χ4v) is 6.71. The van der Waals surface area contributed by atoms with Crippen molar-refractivity contribution in [3.8, 4) is 11.1 Å². The van der Waals surface area contributed by atoms with Crippen LogP contribution in [-0.4, -0.2) is 130 Å². The summed E-state index contributed by atoms with van der Waals surface area (Å²) < 4.78 is 10.7. The summed E-state index contributed by atoms with van der Waals surface area (Å²) in [6, 6.07) is 11.5. The number of benzene rings is 1. The molecule has 0 saturated carbocycles. The van der Waals surface area contributed by atoms with Gasteiger partial charge in [0.15, 0.2) is 5.69 Å². The maximum atomic E-state index is 14.1. The van der Waals surface area contributed by atoms with E-state index in [1.165, 1.54) is 11.2 Å². The number of piperazine rings is 1. The molecule has 290 valence electrons. The molecular formula is C40H54N8O6. The Morgan fingerprint density at radius 1 is 0.926 bits per heavy atom. The highest BCUT2D eigenvalue weighted by Crippen LogP contribution is 2.27. The number of aryl methyl sites for hydroxylation is 1. The maximum absolute atomic E-state index is 14.1. The molecule has 0 aliphatic carbocycles. The van der Waals surface area contributed by atoms with Gasteiger partial charge in [-0.15, -0.1) is 0 Å². The minimum Gasteiger partial charge on any atom is -0.465 e. The molecule has 2 aromatic heterocycles. The standard InChI is InChI=1S/C40H54N8O6/c1-6-29-9-8-10-31(21-29)32-22-34(44-35(49)26-48(39(52)54-40(3,4)5)25-33-11-14-41-28-43-33)37(42-23-32)38(51)47-19-17-46(18-20-47)24-30-12-15-45(16-13-30)27-36(50)53-7-2/h8-11,14,21-23,28,30H,6-7,12-13,15-20,24-27H2,1-5H3,(H,44,49). The van der Waals surface area contributed by atoms with Crippen molar-refractivity contribution in [2.45, 2.75) is 66.0 Å². The van der Waals surface area contributed by atoms with Gasteiger partial charge < -0.3 is 19.7 Å². The number of likely N-dealkylation sites (tertiary alicyclic amines) is 1. The molecule has 14 heteroatoms. The zero-order chi connectivity index (χ0) is 38.7. The van der Waals surface area contributed by atoms with Crippen LogP contribution in [-0.2, 0) is 32.0 Å². The number of carbonyl (C=O) groups excluding carboxylic acids is 4. The Labute approximate surface area is 318 Å². The number of piperidine rings is 1. The molecule has 54 heavy (non-hydrogen) atoms. The van der Waals surface area contributed by atoms with E-state index in [4.69, 9.17) is 9.47 Å². The first-order chi connectivity index (χ1) is 25.9. The van der Waals surface area contributed by atoms with Crippen molar-refractivity contribution in [3.63, 3.8) is 0 Å². The van der Waals surface area contributed by atoms with Gasteiger partial charge in [0.25, 0.3) is 5.91 Å². The average molecular weight is 743 g/mol. The highest BCUT2D eigenvalue weighted by molar-refractivity contribution is 6.03. The van der Waals surface area contributed by atoms with Crippen molar-refractivity contribution in [2.75, 3.05) is 70.8 Å². The Bertz CT molecular complexity index is 1730. The number of amides is 3. The van der Waals surface area contributed by atoms with E-state index in [0.29, 0.717) is 37.9 Å². The van der Waals surface area contributed by atoms with E-state index in [9.17, 15) is 19.2 Å². The van der Waals surface area contributed by atoms with Gasteiger partial charge in [-0.05, 0) is 89.2 Å². The van der Waals surface area contributed by atoms with Crippen LogP contribution < -0.4 is 5.32 Å². The Balaban J connectivity index is 1.28. The molecule has 0 spiro atoms. The van der Waals surface area contributed by atoms with Crippen LogP contribution in [0.3, 0.4) is 0 Å². The first kappa shape index (κ1) is 40.2. The number of pyridine rings is 1. The summed E-state index contributed by atoms with van der Waals surface area (Å²) in [5.41, 5.74) is 2.98. The molecule has 0 bridgehead atoms. The van der Waals surface area contributed by atoms with Gasteiger partial charge in [0.05, 0.1) is 31.1 Å². The summed E-state index contributed by atoms with van der Waals surface area (Å²) in [7, 11) is 0. The molecule has 0 radical (unpaired) electrons. The molecule has 3 amide bonds. The SMILES string of the molecule is CCOC(=O)CN1CCC(CN2CCN(C(=O)c3ncc(-c4cccc(CC)c4)cc3NC(=O)CN(Cc3ccncn3)C(=O)OC(C)(C)C)CC2)CC1. The Morgan fingerprint density at radius 3 is 2.35 bits per heavy atom. The first-order valence-corrected chi connectivity index (χ1v) is 18.9. The number of anilines is 1. The molecule has 3 aromatic rings. The highest BCUT2D eigenvalue weighted by atomic mass is 16.6. The van der Waals surface area contributed by atoms with Crippen molar-refractivity contribution < 1.29 is 28.7 Å². The second-order valence-corrected chi connectivity index (χ2v) is 14.9. The van der Waals surface area contributed by atoms with E-state index < -0.39 is 17.6 Å². The van der Waals surface area contributed by atoms with Gasteiger partial charge in [-0.3, -0.25) is 29.1 Å². The third kappa shape index (κ3) is 11.8. The number of aromatic nitrogens is 3. The Kier molecular flexibility index (Phi) is 14.1. The van der Waals surface area contributed by atoms with Crippen molar-refractivity contribution in [1.82, 2.24) is 34.6 Å². The lowest BCUT2D eigenvalue weighted by atomic mass is 9.96.